The molecule has 2 heterocycles. The molecule has 3 heteroatoms. The van der Waals surface area contributed by atoms with Gasteiger partial charge in [0.2, 0.25) is 0 Å². The Kier molecular flexibility index (Phi) is 1.30. The zero-order chi connectivity index (χ0) is 9.16. The maximum atomic E-state index is 11.5. The largest absolute Gasteiger partial charge is 0.373 e. The first-order chi connectivity index (χ1) is 6.18. The van der Waals surface area contributed by atoms with E-state index in [-0.39, 0.29) is 42.0 Å². The summed E-state index contributed by atoms with van der Waals surface area (Å²) in [7, 11) is 0. The van der Waals surface area contributed by atoms with Crippen LogP contribution in [0.2, 0.25) is 0 Å². The van der Waals surface area contributed by atoms with Crippen molar-refractivity contribution < 1.29 is 14.3 Å². The van der Waals surface area contributed by atoms with E-state index in [1.807, 2.05) is 0 Å². The van der Waals surface area contributed by atoms with Crippen LogP contribution in [0.3, 0.4) is 0 Å². The van der Waals surface area contributed by atoms with E-state index >= 15 is 0 Å². The average Bonchev–Trinajstić information content (AvgIpc) is 2.64. The molecule has 0 N–H and O–H groups in total. The maximum absolute atomic E-state index is 11.5. The molecule has 13 heavy (non-hydrogen) atoms. The van der Waals surface area contributed by atoms with Crippen LogP contribution in [0.15, 0.2) is 0 Å². The summed E-state index contributed by atoms with van der Waals surface area (Å²) < 4.78 is 5.65. The molecular formula is C10H12O3. The smallest absolute Gasteiger partial charge is 0.146 e. The van der Waals surface area contributed by atoms with E-state index in [1.165, 1.54) is 0 Å². The average molecular weight is 180 g/mol. The van der Waals surface area contributed by atoms with Crippen molar-refractivity contribution >= 4 is 11.6 Å². The molecule has 2 bridgehead atoms. The van der Waals surface area contributed by atoms with Crippen LogP contribution in [0, 0.1) is 17.8 Å². The van der Waals surface area contributed by atoms with Crippen LogP contribution in [0.25, 0.3) is 0 Å². The summed E-state index contributed by atoms with van der Waals surface area (Å²) in [6.07, 6.45) is 1.24. The molecule has 0 amide bonds. The molecule has 70 valence electrons. The van der Waals surface area contributed by atoms with Crippen LogP contribution < -0.4 is 0 Å². The number of ketones is 2. The molecule has 0 aromatic heterocycles. The molecule has 3 nitrogen and oxygen atoms in total. The number of ether oxygens (including phenoxy) is 1. The quantitative estimate of drug-likeness (QED) is 0.512. The molecule has 2 aliphatic heterocycles. The number of hydrogen-bond acceptors (Lipinski definition) is 3. The van der Waals surface area contributed by atoms with Crippen molar-refractivity contribution in [2.45, 2.75) is 32.0 Å². The fourth-order valence-electron chi connectivity index (χ4n) is 3.20. The van der Waals surface area contributed by atoms with Gasteiger partial charge in [-0.1, -0.05) is 6.92 Å². The van der Waals surface area contributed by atoms with Gasteiger partial charge in [0.05, 0.1) is 30.5 Å². The van der Waals surface area contributed by atoms with Crippen molar-refractivity contribution in [1.82, 2.24) is 0 Å². The van der Waals surface area contributed by atoms with E-state index in [9.17, 15) is 9.59 Å². The van der Waals surface area contributed by atoms with Gasteiger partial charge < -0.3 is 4.74 Å². The second-order valence-corrected chi connectivity index (χ2v) is 4.51. The molecule has 2 saturated heterocycles. The first-order valence-electron chi connectivity index (χ1n) is 4.89. The molecule has 3 fully saturated rings. The number of Topliss-reactive ketones (excluding diaryl/α,β-unsaturated/α-hetero) is 2. The molecule has 3 rings (SSSR count). The highest BCUT2D eigenvalue weighted by molar-refractivity contribution is 6.09. The summed E-state index contributed by atoms with van der Waals surface area (Å²) in [5.41, 5.74) is 0. The van der Waals surface area contributed by atoms with Gasteiger partial charge in [-0.05, 0) is 12.3 Å². The molecule has 0 radical (unpaired) electrons. The first-order valence-corrected chi connectivity index (χ1v) is 4.89. The normalized spacial score (nSPS) is 53.2. The predicted molar refractivity (Wildman–Crippen MR) is 44.1 cm³/mol. The highest BCUT2D eigenvalue weighted by Gasteiger charge is 2.61. The van der Waals surface area contributed by atoms with Crippen LogP contribution in [-0.2, 0) is 14.3 Å². The summed E-state index contributed by atoms with van der Waals surface area (Å²) in [5.74, 6) is 0.541. The van der Waals surface area contributed by atoms with E-state index in [0.717, 1.165) is 6.42 Å². The fraction of sp³-hybridized carbons (Fsp3) is 0.800. The fourth-order valence-corrected chi connectivity index (χ4v) is 3.20. The van der Waals surface area contributed by atoms with Crippen molar-refractivity contribution in [1.29, 1.82) is 0 Å². The van der Waals surface area contributed by atoms with Crippen LogP contribution in [0.1, 0.15) is 19.8 Å². The van der Waals surface area contributed by atoms with Crippen LogP contribution in [0.4, 0.5) is 0 Å². The predicted octanol–water partition coefficient (Wildman–Crippen LogP) is 0.568. The molecule has 0 spiro atoms. The highest BCUT2D eigenvalue weighted by Crippen LogP contribution is 2.50. The van der Waals surface area contributed by atoms with Gasteiger partial charge >= 0.3 is 0 Å². The molecule has 5 unspecified atom stereocenters. The van der Waals surface area contributed by atoms with Crippen LogP contribution in [-0.4, -0.2) is 23.8 Å². The SMILES string of the molecule is CC1CC2OC1C1C(=O)CC(=O)C21. The Hall–Kier alpha value is -0.700. The van der Waals surface area contributed by atoms with Gasteiger partial charge in [-0.25, -0.2) is 0 Å². The summed E-state index contributed by atoms with van der Waals surface area (Å²) in [4.78, 5) is 23.0. The van der Waals surface area contributed by atoms with Gasteiger partial charge in [0.1, 0.15) is 11.6 Å². The number of fused-ring (bicyclic) bond motifs is 5. The first kappa shape index (κ1) is 7.68. The van der Waals surface area contributed by atoms with E-state index in [2.05, 4.69) is 6.92 Å². The number of hydrogen-bond donors (Lipinski definition) is 0. The molecule has 5 atom stereocenters. The minimum Gasteiger partial charge on any atom is -0.373 e. The Morgan fingerprint density at radius 2 is 1.92 bits per heavy atom. The second kappa shape index (κ2) is 2.21. The van der Waals surface area contributed by atoms with Crippen molar-refractivity contribution in [2.75, 3.05) is 0 Å². The lowest BCUT2D eigenvalue weighted by atomic mass is 9.76. The number of rotatable bonds is 0. The van der Waals surface area contributed by atoms with Crippen molar-refractivity contribution in [3.05, 3.63) is 0 Å². The van der Waals surface area contributed by atoms with Crippen molar-refractivity contribution in [2.24, 2.45) is 17.8 Å². The Morgan fingerprint density at radius 1 is 1.23 bits per heavy atom. The Morgan fingerprint density at radius 3 is 2.69 bits per heavy atom. The minimum atomic E-state index is -0.0822. The lowest BCUT2D eigenvalue weighted by Gasteiger charge is -2.22. The van der Waals surface area contributed by atoms with Crippen molar-refractivity contribution in [3.63, 3.8) is 0 Å². The third-order valence-corrected chi connectivity index (χ3v) is 3.73. The summed E-state index contributed by atoms with van der Waals surface area (Å²) in [6.45, 7) is 2.11. The van der Waals surface area contributed by atoms with Gasteiger partial charge in [-0.15, -0.1) is 0 Å². The number of carbonyl (C=O) groups excluding carboxylic acids is 2. The van der Waals surface area contributed by atoms with Crippen LogP contribution in [0.5, 0.6) is 0 Å². The molecule has 1 saturated carbocycles. The summed E-state index contributed by atoms with van der Waals surface area (Å²) in [6, 6.07) is 0. The standard InChI is InChI=1S/C10H12O3/c1-4-2-7-8-5(11)3-6(12)9(8)10(4)13-7/h4,7-10H,2-3H2,1H3. The topological polar surface area (TPSA) is 43.4 Å². The Bertz CT molecular complexity index is 297. The van der Waals surface area contributed by atoms with E-state index < -0.39 is 0 Å². The molecule has 0 aromatic carbocycles. The third kappa shape index (κ3) is 0.784. The molecular weight excluding hydrogens is 168 g/mol. The monoisotopic (exact) mass is 180 g/mol. The van der Waals surface area contributed by atoms with Gasteiger partial charge in [0.25, 0.3) is 0 Å². The lowest BCUT2D eigenvalue weighted by Crippen LogP contribution is -2.33. The zero-order valence-corrected chi connectivity index (χ0v) is 7.53. The van der Waals surface area contributed by atoms with E-state index in [4.69, 9.17) is 4.74 Å². The van der Waals surface area contributed by atoms with Gasteiger partial charge in [0.15, 0.2) is 0 Å². The van der Waals surface area contributed by atoms with Gasteiger partial charge in [-0.3, -0.25) is 9.59 Å². The summed E-state index contributed by atoms with van der Waals surface area (Å²) in [5, 5.41) is 0. The zero-order valence-electron chi connectivity index (χ0n) is 7.53. The Labute approximate surface area is 76.4 Å². The van der Waals surface area contributed by atoms with Crippen molar-refractivity contribution in [3.8, 4) is 0 Å². The van der Waals surface area contributed by atoms with E-state index in [0.29, 0.717) is 5.92 Å². The molecule has 0 aromatic rings. The number of carbonyl (C=O) groups is 2. The highest BCUT2D eigenvalue weighted by atomic mass is 16.5. The second-order valence-electron chi connectivity index (χ2n) is 4.51. The van der Waals surface area contributed by atoms with Gasteiger partial charge in [0, 0.05) is 0 Å². The maximum Gasteiger partial charge on any atom is 0.146 e. The molecule has 1 aliphatic carbocycles. The Balaban J connectivity index is 2.00. The third-order valence-electron chi connectivity index (χ3n) is 3.73. The molecule has 3 aliphatic rings. The summed E-state index contributed by atoms with van der Waals surface area (Å²) >= 11 is 0. The minimum absolute atomic E-state index is 0.0500. The van der Waals surface area contributed by atoms with E-state index in [1.54, 1.807) is 0 Å². The lowest BCUT2D eigenvalue weighted by molar-refractivity contribution is -0.125. The van der Waals surface area contributed by atoms with Gasteiger partial charge in [-0.2, -0.15) is 0 Å². The van der Waals surface area contributed by atoms with Crippen LogP contribution >= 0.6 is 0 Å².